The second-order valence-corrected chi connectivity index (χ2v) is 5.23. The molecule has 1 rings (SSSR count). The molecule has 0 fully saturated rings. The van der Waals surface area contributed by atoms with E-state index >= 15 is 0 Å². The van der Waals surface area contributed by atoms with Gasteiger partial charge in [-0.2, -0.15) is 0 Å². The quantitative estimate of drug-likeness (QED) is 0.742. The minimum atomic E-state index is -0.794. The van der Waals surface area contributed by atoms with Gasteiger partial charge in [0, 0.05) is 12.6 Å². The van der Waals surface area contributed by atoms with Crippen LogP contribution in [0.5, 0.6) is 0 Å². The van der Waals surface area contributed by atoms with Gasteiger partial charge in [-0.05, 0) is 44.4 Å². The fourth-order valence-corrected chi connectivity index (χ4v) is 2.95. The van der Waals surface area contributed by atoms with Crippen LogP contribution in [0.2, 0.25) is 0 Å². The van der Waals surface area contributed by atoms with Gasteiger partial charge in [0.15, 0.2) is 11.6 Å². The first kappa shape index (κ1) is 18.1. The highest BCUT2D eigenvalue weighted by Crippen LogP contribution is 2.28. The van der Waals surface area contributed by atoms with Crippen molar-refractivity contribution in [3.63, 3.8) is 0 Å². The number of rotatable bonds is 9. The Labute approximate surface area is 126 Å². The van der Waals surface area contributed by atoms with Gasteiger partial charge in [-0.15, -0.1) is 0 Å². The van der Waals surface area contributed by atoms with Gasteiger partial charge in [0.05, 0.1) is 5.60 Å². The van der Waals surface area contributed by atoms with E-state index in [-0.39, 0.29) is 11.6 Å². The highest BCUT2D eigenvalue weighted by molar-refractivity contribution is 5.21. The summed E-state index contributed by atoms with van der Waals surface area (Å²) in [6.07, 6.45) is 2.07. The molecule has 0 aliphatic heterocycles. The fourth-order valence-electron chi connectivity index (χ4n) is 2.95. The summed E-state index contributed by atoms with van der Waals surface area (Å²) in [6.45, 7) is 9.49. The minimum absolute atomic E-state index is 0.0475. The van der Waals surface area contributed by atoms with Crippen molar-refractivity contribution in [1.29, 1.82) is 0 Å². The molecule has 21 heavy (non-hydrogen) atoms. The Morgan fingerprint density at radius 3 is 2.33 bits per heavy atom. The van der Waals surface area contributed by atoms with E-state index in [2.05, 4.69) is 19.2 Å². The molecule has 0 saturated heterocycles. The summed E-state index contributed by atoms with van der Waals surface area (Å²) >= 11 is 0. The first-order chi connectivity index (χ1) is 10.0. The third-order valence-electron chi connectivity index (χ3n) is 4.17. The molecule has 0 aromatic heterocycles. The Balaban J connectivity index is 3.07. The molecule has 1 aromatic carbocycles. The molecule has 1 unspecified atom stereocenters. The van der Waals surface area contributed by atoms with Gasteiger partial charge < -0.3 is 10.1 Å². The van der Waals surface area contributed by atoms with Gasteiger partial charge in [-0.1, -0.05) is 32.9 Å². The number of nitrogens with one attached hydrogen (secondary N) is 1. The Hall–Kier alpha value is -1.00. The van der Waals surface area contributed by atoms with Crippen LogP contribution < -0.4 is 5.32 Å². The van der Waals surface area contributed by atoms with Gasteiger partial charge >= 0.3 is 0 Å². The van der Waals surface area contributed by atoms with Crippen LogP contribution in [-0.2, 0) is 11.2 Å². The van der Waals surface area contributed by atoms with Crippen LogP contribution in [-0.4, -0.2) is 24.8 Å². The molecule has 1 atom stereocenters. The molecule has 1 N–H and O–H groups in total. The van der Waals surface area contributed by atoms with E-state index in [1.54, 1.807) is 12.1 Å². The molecule has 0 aliphatic carbocycles. The van der Waals surface area contributed by atoms with Gasteiger partial charge in [-0.3, -0.25) is 0 Å². The third-order valence-corrected chi connectivity index (χ3v) is 4.17. The predicted molar refractivity (Wildman–Crippen MR) is 82.5 cm³/mol. The van der Waals surface area contributed by atoms with E-state index < -0.39 is 11.6 Å². The molecule has 120 valence electrons. The van der Waals surface area contributed by atoms with Crippen molar-refractivity contribution in [2.45, 2.75) is 58.6 Å². The summed E-state index contributed by atoms with van der Waals surface area (Å²) in [7, 11) is 0. The molecular formula is C17H27F2NO. The van der Waals surface area contributed by atoms with Crippen molar-refractivity contribution in [3.05, 3.63) is 35.4 Å². The summed E-state index contributed by atoms with van der Waals surface area (Å²) in [5, 5.41) is 3.39. The Morgan fingerprint density at radius 1 is 1.14 bits per heavy atom. The van der Waals surface area contributed by atoms with E-state index in [9.17, 15) is 8.78 Å². The van der Waals surface area contributed by atoms with Crippen molar-refractivity contribution >= 4 is 0 Å². The van der Waals surface area contributed by atoms with E-state index in [4.69, 9.17) is 4.74 Å². The highest BCUT2D eigenvalue weighted by atomic mass is 19.2. The number of likely N-dealkylation sites (N-methyl/N-ethyl adjacent to an activating group) is 1. The molecule has 0 aliphatic rings. The molecule has 0 spiro atoms. The summed E-state index contributed by atoms with van der Waals surface area (Å²) < 4.78 is 33.3. The van der Waals surface area contributed by atoms with Crippen molar-refractivity contribution in [2.24, 2.45) is 0 Å². The maximum atomic E-state index is 13.9. The van der Waals surface area contributed by atoms with Crippen LogP contribution in [0.4, 0.5) is 8.78 Å². The summed E-state index contributed by atoms with van der Waals surface area (Å²) in [4.78, 5) is 0. The lowest BCUT2D eigenvalue weighted by Crippen LogP contribution is -2.53. The number of ether oxygens (including phenoxy) is 1. The monoisotopic (exact) mass is 299 g/mol. The van der Waals surface area contributed by atoms with E-state index in [1.165, 1.54) is 0 Å². The SMILES string of the molecule is CCNC(Cc1cccc(F)c1F)C(CC)(CC)OCC. The van der Waals surface area contributed by atoms with Crippen LogP contribution in [0.15, 0.2) is 18.2 Å². The molecule has 0 bridgehead atoms. The largest absolute Gasteiger partial charge is 0.374 e. The van der Waals surface area contributed by atoms with Crippen molar-refractivity contribution in [2.75, 3.05) is 13.2 Å². The standard InChI is InChI=1S/C17H27F2NO/c1-5-17(6-2,21-8-4)15(20-7-3)12-13-10-9-11-14(18)16(13)19/h9-11,15,20H,5-8,12H2,1-4H3. The second-order valence-electron chi connectivity index (χ2n) is 5.23. The lowest BCUT2D eigenvalue weighted by Gasteiger charge is -2.40. The van der Waals surface area contributed by atoms with Crippen LogP contribution in [0.3, 0.4) is 0 Å². The maximum absolute atomic E-state index is 13.9. The summed E-state index contributed by atoms with van der Waals surface area (Å²) in [6, 6.07) is 4.30. The summed E-state index contributed by atoms with van der Waals surface area (Å²) in [5.41, 5.74) is 0.0377. The smallest absolute Gasteiger partial charge is 0.162 e. The molecular weight excluding hydrogens is 272 g/mol. The first-order valence-corrected chi connectivity index (χ1v) is 7.84. The predicted octanol–water partition coefficient (Wildman–Crippen LogP) is 4.08. The summed E-state index contributed by atoms with van der Waals surface area (Å²) in [5.74, 6) is -1.55. The zero-order valence-electron chi connectivity index (χ0n) is 13.5. The molecule has 1 aromatic rings. The number of hydrogen-bond donors (Lipinski definition) is 1. The van der Waals surface area contributed by atoms with Crippen LogP contribution >= 0.6 is 0 Å². The highest BCUT2D eigenvalue weighted by Gasteiger charge is 2.36. The zero-order chi connectivity index (χ0) is 15.9. The maximum Gasteiger partial charge on any atom is 0.162 e. The van der Waals surface area contributed by atoms with Gasteiger partial charge in [-0.25, -0.2) is 8.78 Å². The Kier molecular flexibility index (Phi) is 7.26. The number of hydrogen-bond acceptors (Lipinski definition) is 2. The van der Waals surface area contributed by atoms with Crippen LogP contribution in [0.25, 0.3) is 0 Å². The molecule has 0 radical (unpaired) electrons. The first-order valence-electron chi connectivity index (χ1n) is 7.84. The zero-order valence-corrected chi connectivity index (χ0v) is 13.5. The van der Waals surface area contributed by atoms with Gasteiger partial charge in [0.2, 0.25) is 0 Å². The van der Waals surface area contributed by atoms with Crippen LogP contribution in [0.1, 0.15) is 46.1 Å². The van der Waals surface area contributed by atoms with E-state index in [0.717, 1.165) is 25.5 Å². The van der Waals surface area contributed by atoms with E-state index in [0.29, 0.717) is 18.6 Å². The Bertz CT molecular complexity index is 433. The molecule has 0 amide bonds. The number of benzene rings is 1. The lowest BCUT2D eigenvalue weighted by atomic mass is 9.84. The molecule has 0 heterocycles. The van der Waals surface area contributed by atoms with Crippen molar-refractivity contribution in [1.82, 2.24) is 5.32 Å². The molecule has 2 nitrogen and oxygen atoms in total. The average Bonchev–Trinajstić information content (AvgIpc) is 2.49. The third kappa shape index (κ3) is 4.24. The van der Waals surface area contributed by atoms with Crippen molar-refractivity contribution < 1.29 is 13.5 Å². The van der Waals surface area contributed by atoms with Crippen LogP contribution in [0, 0.1) is 11.6 Å². The topological polar surface area (TPSA) is 21.3 Å². The number of halogens is 2. The normalized spacial score (nSPS) is 13.4. The van der Waals surface area contributed by atoms with Gasteiger partial charge in [0.1, 0.15) is 0 Å². The Morgan fingerprint density at radius 2 is 1.81 bits per heavy atom. The van der Waals surface area contributed by atoms with Gasteiger partial charge in [0.25, 0.3) is 0 Å². The minimum Gasteiger partial charge on any atom is -0.374 e. The average molecular weight is 299 g/mol. The second kappa shape index (κ2) is 8.44. The fraction of sp³-hybridized carbons (Fsp3) is 0.647. The molecule has 4 heteroatoms. The molecule has 0 saturated carbocycles. The van der Waals surface area contributed by atoms with E-state index in [1.807, 2.05) is 13.8 Å². The lowest BCUT2D eigenvalue weighted by molar-refractivity contribution is -0.0717. The van der Waals surface area contributed by atoms with Crippen molar-refractivity contribution in [3.8, 4) is 0 Å².